The molecule has 1 aliphatic heterocycles. The van der Waals surface area contributed by atoms with Crippen LogP contribution in [0.25, 0.3) is 0 Å². The summed E-state index contributed by atoms with van der Waals surface area (Å²) in [5.41, 5.74) is 4.33. The second-order valence-electron chi connectivity index (χ2n) is 6.66. The number of nitrogens with one attached hydrogen (secondary N) is 2. The number of hydrogen-bond donors (Lipinski definition) is 2. The molecule has 25 heavy (non-hydrogen) atoms. The third-order valence-electron chi connectivity index (χ3n) is 4.95. The Morgan fingerprint density at radius 1 is 1.12 bits per heavy atom. The molecule has 1 heterocycles. The Labute approximate surface area is 154 Å². The summed E-state index contributed by atoms with van der Waals surface area (Å²) >= 11 is 6.28. The zero-order valence-corrected chi connectivity index (χ0v) is 15.6. The number of aryl methyl sites for hydroxylation is 1. The molecule has 0 radical (unpaired) electrons. The molecule has 4 nitrogen and oxygen atoms in total. The maximum Gasteiger partial charge on any atom is 0.279 e. The summed E-state index contributed by atoms with van der Waals surface area (Å²) in [5, 5.41) is 3.85. The van der Waals surface area contributed by atoms with Gasteiger partial charge in [0.2, 0.25) is 0 Å². The van der Waals surface area contributed by atoms with E-state index in [1.165, 1.54) is 10.5 Å². The molecule has 3 rings (SSSR count). The highest BCUT2D eigenvalue weighted by Gasteiger charge is 2.23. The van der Waals surface area contributed by atoms with Crippen molar-refractivity contribution in [3.05, 3.63) is 58.6 Å². The molecule has 0 bridgehead atoms. The summed E-state index contributed by atoms with van der Waals surface area (Å²) in [4.78, 5) is 16.0. The SMILES string of the molecule is Cc1cccc(NC(=O)C[NH+]2CCN(c3ccccc3Cl)CC2)c1C. The second kappa shape index (κ2) is 7.89. The average molecular weight is 359 g/mol. The summed E-state index contributed by atoms with van der Waals surface area (Å²) in [7, 11) is 0. The van der Waals surface area contributed by atoms with Gasteiger partial charge >= 0.3 is 0 Å². The molecular weight excluding hydrogens is 334 g/mol. The van der Waals surface area contributed by atoms with E-state index in [9.17, 15) is 4.79 Å². The first kappa shape index (κ1) is 17.8. The van der Waals surface area contributed by atoms with Crippen LogP contribution in [0.3, 0.4) is 0 Å². The molecule has 2 aromatic rings. The minimum atomic E-state index is 0.0786. The van der Waals surface area contributed by atoms with Crippen LogP contribution in [-0.2, 0) is 4.79 Å². The van der Waals surface area contributed by atoms with Crippen LogP contribution in [0.15, 0.2) is 42.5 Å². The lowest BCUT2D eigenvalue weighted by molar-refractivity contribution is -0.892. The van der Waals surface area contributed by atoms with Crippen molar-refractivity contribution in [3.63, 3.8) is 0 Å². The zero-order valence-electron chi connectivity index (χ0n) is 14.8. The van der Waals surface area contributed by atoms with Crippen LogP contribution >= 0.6 is 11.6 Å². The molecule has 0 aromatic heterocycles. The summed E-state index contributed by atoms with van der Waals surface area (Å²) < 4.78 is 0. The number of piperazine rings is 1. The van der Waals surface area contributed by atoms with Gasteiger partial charge in [-0.05, 0) is 43.2 Å². The molecule has 1 saturated heterocycles. The Bertz CT molecular complexity index is 754. The number of rotatable bonds is 4. The van der Waals surface area contributed by atoms with Crippen molar-refractivity contribution < 1.29 is 9.69 Å². The molecule has 2 N–H and O–H groups in total. The number of amides is 1. The molecule has 1 fully saturated rings. The van der Waals surface area contributed by atoms with Crippen molar-refractivity contribution in [3.8, 4) is 0 Å². The van der Waals surface area contributed by atoms with E-state index in [2.05, 4.69) is 29.3 Å². The Morgan fingerprint density at radius 2 is 1.84 bits per heavy atom. The number of nitrogens with zero attached hydrogens (tertiary/aromatic N) is 1. The van der Waals surface area contributed by atoms with Crippen LogP contribution in [-0.4, -0.2) is 38.6 Å². The number of anilines is 2. The first-order valence-corrected chi connectivity index (χ1v) is 9.11. The van der Waals surface area contributed by atoms with Gasteiger partial charge in [-0.2, -0.15) is 0 Å². The zero-order chi connectivity index (χ0) is 17.8. The van der Waals surface area contributed by atoms with Gasteiger partial charge in [0.15, 0.2) is 6.54 Å². The molecule has 0 atom stereocenters. The van der Waals surface area contributed by atoms with Crippen LogP contribution in [0.4, 0.5) is 11.4 Å². The van der Waals surface area contributed by atoms with Crippen molar-refractivity contribution >= 4 is 28.9 Å². The highest BCUT2D eigenvalue weighted by molar-refractivity contribution is 6.33. The minimum Gasteiger partial charge on any atom is -0.359 e. The number of carbonyl (C=O) groups excluding carboxylic acids is 1. The number of quaternary nitrogens is 1. The van der Waals surface area contributed by atoms with E-state index in [1.807, 2.05) is 37.3 Å². The molecule has 1 aliphatic rings. The lowest BCUT2D eigenvalue weighted by atomic mass is 10.1. The summed E-state index contributed by atoms with van der Waals surface area (Å²) in [6, 6.07) is 13.9. The van der Waals surface area contributed by atoms with Crippen molar-refractivity contribution in [2.75, 3.05) is 42.9 Å². The second-order valence-corrected chi connectivity index (χ2v) is 7.07. The minimum absolute atomic E-state index is 0.0786. The quantitative estimate of drug-likeness (QED) is 0.880. The van der Waals surface area contributed by atoms with E-state index in [-0.39, 0.29) is 5.91 Å². The van der Waals surface area contributed by atoms with Gasteiger partial charge in [0.25, 0.3) is 5.91 Å². The largest absolute Gasteiger partial charge is 0.359 e. The molecule has 5 heteroatoms. The van der Waals surface area contributed by atoms with Gasteiger partial charge in [0.1, 0.15) is 0 Å². The third kappa shape index (κ3) is 4.33. The summed E-state index contributed by atoms with van der Waals surface area (Å²) in [6.45, 7) is 8.30. The normalized spacial score (nSPS) is 15.2. The van der Waals surface area contributed by atoms with Crippen molar-refractivity contribution in [1.82, 2.24) is 0 Å². The molecule has 0 spiro atoms. The van der Waals surface area contributed by atoms with Gasteiger partial charge in [0, 0.05) is 5.69 Å². The van der Waals surface area contributed by atoms with E-state index in [1.54, 1.807) is 0 Å². The number of para-hydroxylation sites is 1. The molecule has 0 saturated carbocycles. The van der Waals surface area contributed by atoms with Crippen LogP contribution in [0.2, 0.25) is 5.02 Å². The fourth-order valence-electron chi connectivity index (χ4n) is 3.26. The van der Waals surface area contributed by atoms with Crippen LogP contribution < -0.4 is 15.1 Å². The molecule has 132 valence electrons. The number of hydrogen-bond acceptors (Lipinski definition) is 2. The molecule has 1 amide bonds. The van der Waals surface area contributed by atoms with Crippen LogP contribution in [0.5, 0.6) is 0 Å². The Morgan fingerprint density at radius 3 is 2.56 bits per heavy atom. The monoisotopic (exact) mass is 358 g/mol. The number of benzene rings is 2. The highest BCUT2D eigenvalue weighted by atomic mass is 35.5. The first-order valence-electron chi connectivity index (χ1n) is 8.73. The number of carbonyl (C=O) groups is 1. The molecular formula is C20H25ClN3O+. The fraction of sp³-hybridized carbons (Fsp3) is 0.350. The van der Waals surface area contributed by atoms with Gasteiger partial charge in [-0.15, -0.1) is 0 Å². The number of halogens is 1. The van der Waals surface area contributed by atoms with Crippen molar-refractivity contribution in [1.29, 1.82) is 0 Å². The van der Waals surface area contributed by atoms with E-state index in [0.717, 1.165) is 48.1 Å². The predicted octanol–water partition coefficient (Wildman–Crippen LogP) is 2.30. The maximum atomic E-state index is 12.4. The Balaban J connectivity index is 1.53. The van der Waals surface area contributed by atoms with E-state index < -0.39 is 0 Å². The van der Waals surface area contributed by atoms with Crippen molar-refractivity contribution in [2.45, 2.75) is 13.8 Å². The van der Waals surface area contributed by atoms with Crippen molar-refractivity contribution in [2.24, 2.45) is 0 Å². The van der Waals surface area contributed by atoms with E-state index >= 15 is 0 Å². The molecule has 2 aromatic carbocycles. The fourth-order valence-corrected chi connectivity index (χ4v) is 3.51. The van der Waals surface area contributed by atoms with Crippen LogP contribution in [0.1, 0.15) is 11.1 Å². The average Bonchev–Trinajstić information content (AvgIpc) is 2.60. The summed E-state index contributed by atoms with van der Waals surface area (Å²) in [6.07, 6.45) is 0. The predicted molar refractivity (Wildman–Crippen MR) is 104 cm³/mol. The van der Waals surface area contributed by atoms with E-state index in [0.29, 0.717) is 6.54 Å². The van der Waals surface area contributed by atoms with Gasteiger partial charge < -0.3 is 15.1 Å². The lowest BCUT2D eigenvalue weighted by Crippen LogP contribution is -3.15. The smallest absolute Gasteiger partial charge is 0.279 e. The topological polar surface area (TPSA) is 36.8 Å². The van der Waals surface area contributed by atoms with Crippen LogP contribution in [0, 0.1) is 13.8 Å². The van der Waals surface area contributed by atoms with Gasteiger partial charge in [-0.3, -0.25) is 4.79 Å². The molecule has 0 unspecified atom stereocenters. The third-order valence-corrected chi connectivity index (χ3v) is 5.27. The van der Waals surface area contributed by atoms with E-state index in [4.69, 9.17) is 11.6 Å². The first-order chi connectivity index (χ1) is 12.0. The summed E-state index contributed by atoms with van der Waals surface area (Å²) in [5.74, 6) is 0.0786. The van der Waals surface area contributed by atoms with Gasteiger partial charge in [-0.1, -0.05) is 35.9 Å². The Hall–Kier alpha value is -2.04. The molecule has 0 aliphatic carbocycles. The lowest BCUT2D eigenvalue weighted by Gasteiger charge is -2.33. The maximum absolute atomic E-state index is 12.4. The van der Waals surface area contributed by atoms with Gasteiger partial charge in [0.05, 0.1) is 36.9 Å². The highest BCUT2D eigenvalue weighted by Crippen LogP contribution is 2.24. The van der Waals surface area contributed by atoms with Gasteiger partial charge in [-0.25, -0.2) is 0 Å². The standard InChI is InChI=1S/C20H24ClN3O/c1-15-6-5-8-18(16(15)2)22-20(25)14-23-10-12-24(13-11-23)19-9-4-3-7-17(19)21/h3-9H,10-14H2,1-2H3,(H,22,25)/p+1. The Kier molecular flexibility index (Phi) is 5.61.